The molecular formula is C27H29FN2O. The van der Waals surface area contributed by atoms with Crippen LogP contribution in [0.1, 0.15) is 62.1 Å². The maximum Gasteiger partial charge on any atom is 0.222 e. The number of allylic oxidation sites excluding steroid dienone is 1. The molecule has 2 aromatic carbocycles. The van der Waals surface area contributed by atoms with Gasteiger partial charge in [-0.2, -0.15) is 0 Å². The number of rotatable bonds is 6. The minimum absolute atomic E-state index is 0.0770. The third-order valence-electron chi connectivity index (χ3n) is 7.41. The van der Waals surface area contributed by atoms with Crippen molar-refractivity contribution in [1.29, 1.82) is 0 Å². The van der Waals surface area contributed by atoms with E-state index in [2.05, 4.69) is 41.1 Å². The van der Waals surface area contributed by atoms with Crippen LogP contribution in [0.25, 0.3) is 0 Å². The molecule has 31 heavy (non-hydrogen) atoms. The molecule has 0 saturated carbocycles. The van der Waals surface area contributed by atoms with Crippen LogP contribution in [-0.2, 0) is 10.2 Å². The van der Waals surface area contributed by atoms with E-state index in [0.717, 1.165) is 49.1 Å². The van der Waals surface area contributed by atoms with Crippen molar-refractivity contribution in [2.75, 3.05) is 6.54 Å². The smallest absolute Gasteiger partial charge is 0.222 e. The van der Waals surface area contributed by atoms with Gasteiger partial charge in [-0.1, -0.05) is 55.8 Å². The molecule has 0 N–H and O–H groups in total. The Labute approximate surface area is 183 Å². The maximum atomic E-state index is 13.8. The Kier molecular flexibility index (Phi) is 5.25. The van der Waals surface area contributed by atoms with E-state index >= 15 is 0 Å². The van der Waals surface area contributed by atoms with E-state index in [-0.39, 0.29) is 17.6 Å². The van der Waals surface area contributed by atoms with Crippen molar-refractivity contribution in [3.63, 3.8) is 0 Å². The Hall–Kier alpha value is -2.75. The lowest BCUT2D eigenvalue weighted by Crippen LogP contribution is -2.39. The largest absolute Gasteiger partial charge is 0.340 e. The van der Waals surface area contributed by atoms with Gasteiger partial charge >= 0.3 is 0 Å². The van der Waals surface area contributed by atoms with Gasteiger partial charge in [-0.15, -0.1) is 0 Å². The second-order valence-electron chi connectivity index (χ2n) is 9.03. The Morgan fingerprint density at radius 2 is 2.00 bits per heavy atom. The van der Waals surface area contributed by atoms with Gasteiger partial charge in [0.2, 0.25) is 5.91 Å². The van der Waals surface area contributed by atoms with Gasteiger partial charge in [-0.05, 0) is 48.9 Å². The second-order valence-corrected chi connectivity index (χ2v) is 9.03. The molecule has 0 bridgehead atoms. The van der Waals surface area contributed by atoms with Gasteiger partial charge in [0.25, 0.3) is 0 Å². The van der Waals surface area contributed by atoms with Crippen LogP contribution in [0.4, 0.5) is 4.39 Å². The molecule has 1 fully saturated rings. The fraction of sp³-hybridized carbons (Fsp3) is 0.407. The fourth-order valence-corrected chi connectivity index (χ4v) is 6.04. The molecule has 2 aliphatic heterocycles. The Morgan fingerprint density at radius 3 is 2.81 bits per heavy atom. The zero-order valence-electron chi connectivity index (χ0n) is 18.1. The average Bonchev–Trinajstić information content (AvgIpc) is 3.50. The zero-order valence-corrected chi connectivity index (χ0v) is 18.1. The molecule has 0 spiro atoms. The highest BCUT2D eigenvalue weighted by molar-refractivity contribution is 6.11. The van der Waals surface area contributed by atoms with Gasteiger partial charge in [0.05, 0.1) is 5.71 Å². The molecular weight excluding hydrogens is 387 g/mol. The first-order chi connectivity index (χ1) is 15.1. The number of fused-ring (bicyclic) bond motifs is 3. The standard InChI is InChI=1S/C27H29FN2O/c1-2-6-21-7-5-18-30(21)25(31)14-16-27(19-10-12-20(28)13-11-19)23-9-4-3-8-22(23)26-24(27)15-17-29-26/h3-4,8-13,15,17,21,24H,2,5-7,14,16,18H2,1H3. The first-order valence-electron chi connectivity index (χ1n) is 11.5. The van der Waals surface area contributed by atoms with Gasteiger partial charge in [0.1, 0.15) is 5.82 Å². The van der Waals surface area contributed by atoms with E-state index in [4.69, 9.17) is 0 Å². The summed E-state index contributed by atoms with van der Waals surface area (Å²) in [7, 11) is 0. The van der Waals surface area contributed by atoms with E-state index in [1.807, 2.05) is 24.4 Å². The van der Waals surface area contributed by atoms with Crippen LogP contribution in [0.15, 0.2) is 65.8 Å². The lowest BCUT2D eigenvalue weighted by Gasteiger charge is -2.36. The first kappa shape index (κ1) is 20.2. The van der Waals surface area contributed by atoms with Crippen LogP contribution >= 0.6 is 0 Å². The highest BCUT2D eigenvalue weighted by atomic mass is 19.1. The number of halogens is 1. The molecule has 2 aromatic rings. The summed E-state index contributed by atoms with van der Waals surface area (Å²) in [4.78, 5) is 20.1. The fourth-order valence-electron chi connectivity index (χ4n) is 6.04. The quantitative estimate of drug-likeness (QED) is 0.601. The number of carbonyl (C=O) groups is 1. The highest BCUT2D eigenvalue weighted by Crippen LogP contribution is 2.53. The maximum absolute atomic E-state index is 13.8. The van der Waals surface area contributed by atoms with Crippen molar-refractivity contribution < 1.29 is 9.18 Å². The van der Waals surface area contributed by atoms with Gasteiger partial charge in [0.15, 0.2) is 0 Å². The summed E-state index contributed by atoms with van der Waals surface area (Å²) in [6.07, 6.45) is 9.63. The molecule has 3 unspecified atom stereocenters. The zero-order chi connectivity index (χ0) is 21.4. The molecule has 5 rings (SSSR count). The summed E-state index contributed by atoms with van der Waals surface area (Å²) >= 11 is 0. The molecule has 3 nitrogen and oxygen atoms in total. The number of aliphatic imine (C=N–C) groups is 1. The van der Waals surface area contributed by atoms with Crippen LogP contribution in [-0.4, -0.2) is 29.1 Å². The minimum Gasteiger partial charge on any atom is -0.340 e. The minimum atomic E-state index is -0.397. The van der Waals surface area contributed by atoms with Crippen molar-refractivity contribution in [2.24, 2.45) is 10.9 Å². The summed E-state index contributed by atoms with van der Waals surface area (Å²) in [5.41, 5.74) is 4.08. The van der Waals surface area contributed by atoms with Crippen molar-refractivity contribution in [1.82, 2.24) is 4.90 Å². The molecule has 0 radical (unpaired) electrons. The number of hydrogen-bond acceptors (Lipinski definition) is 2. The lowest BCUT2D eigenvalue weighted by molar-refractivity contribution is -0.132. The van der Waals surface area contributed by atoms with Gasteiger partial charge in [-0.3, -0.25) is 9.79 Å². The van der Waals surface area contributed by atoms with Crippen LogP contribution < -0.4 is 0 Å². The van der Waals surface area contributed by atoms with Gasteiger partial charge in [0, 0.05) is 42.1 Å². The lowest BCUT2D eigenvalue weighted by atomic mass is 9.66. The molecule has 1 saturated heterocycles. The second kappa shape index (κ2) is 8.07. The third-order valence-corrected chi connectivity index (χ3v) is 7.41. The topological polar surface area (TPSA) is 32.7 Å². The summed E-state index contributed by atoms with van der Waals surface area (Å²) in [6, 6.07) is 15.6. The van der Waals surface area contributed by atoms with Crippen molar-refractivity contribution in [2.45, 2.75) is 56.9 Å². The van der Waals surface area contributed by atoms with Crippen molar-refractivity contribution >= 4 is 11.6 Å². The third kappa shape index (κ3) is 3.24. The average molecular weight is 417 g/mol. The Morgan fingerprint density at radius 1 is 1.19 bits per heavy atom. The predicted molar refractivity (Wildman–Crippen MR) is 122 cm³/mol. The number of benzene rings is 2. The normalized spacial score (nSPS) is 26.1. The molecule has 3 aliphatic rings. The van der Waals surface area contributed by atoms with Gasteiger partial charge in [-0.25, -0.2) is 4.39 Å². The number of amides is 1. The van der Waals surface area contributed by atoms with Crippen LogP contribution in [0, 0.1) is 11.7 Å². The van der Waals surface area contributed by atoms with Crippen LogP contribution in [0.3, 0.4) is 0 Å². The van der Waals surface area contributed by atoms with Crippen molar-refractivity contribution in [3.05, 3.63) is 83.3 Å². The monoisotopic (exact) mass is 416 g/mol. The van der Waals surface area contributed by atoms with E-state index < -0.39 is 5.41 Å². The predicted octanol–water partition coefficient (Wildman–Crippen LogP) is 5.63. The summed E-state index contributed by atoms with van der Waals surface area (Å²) in [5, 5.41) is 0. The number of nitrogens with zero attached hydrogens (tertiary/aromatic N) is 2. The molecule has 3 atom stereocenters. The molecule has 1 aliphatic carbocycles. The number of likely N-dealkylation sites (tertiary alicyclic amines) is 1. The van der Waals surface area contributed by atoms with Crippen LogP contribution in [0.2, 0.25) is 0 Å². The van der Waals surface area contributed by atoms with Crippen LogP contribution in [0.5, 0.6) is 0 Å². The van der Waals surface area contributed by atoms with E-state index in [9.17, 15) is 9.18 Å². The number of hydrogen-bond donors (Lipinski definition) is 0. The van der Waals surface area contributed by atoms with Crippen molar-refractivity contribution in [3.8, 4) is 0 Å². The highest BCUT2D eigenvalue weighted by Gasteiger charge is 2.51. The summed E-state index contributed by atoms with van der Waals surface area (Å²) in [5.74, 6) is 0.0899. The molecule has 160 valence electrons. The summed E-state index contributed by atoms with van der Waals surface area (Å²) < 4.78 is 13.8. The molecule has 2 heterocycles. The summed E-state index contributed by atoms with van der Waals surface area (Å²) in [6.45, 7) is 3.06. The Bertz CT molecular complexity index is 1040. The number of carbonyl (C=O) groups excluding carboxylic acids is 1. The van der Waals surface area contributed by atoms with Gasteiger partial charge < -0.3 is 4.90 Å². The molecule has 0 aromatic heterocycles. The van der Waals surface area contributed by atoms with E-state index in [0.29, 0.717) is 18.9 Å². The SMILES string of the molecule is CCCC1CCCN1C(=O)CCC1(c2ccc(F)cc2)c2ccccc2C2=NC=CC21. The molecule has 4 heteroatoms. The Balaban J connectivity index is 1.52. The first-order valence-corrected chi connectivity index (χ1v) is 11.5. The van der Waals surface area contributed by atoms with E-state index in [1.54, 1.807) is 0 Å². The van der Waals surface area contributed by atoms with E-state index in [1.165, 1.54) is 17.7 Å². The molecule has 1 amide bonds.